The molecule has 2 aromatic rings. The van der Waals surface area contributed by atoms with Crippen molar-refractivity contribution >= 4 is 5.97 Å². The van der Waals surface area contributed by atoms with Crippen molar-refractivity contribution in [3.63, 3.8) is 0 Å². The van der Waals surface area contributed by atoms with E-state index >= 15 is 0 Å². The fraction of sp³-hybridized carbons (Fsp3) is 0.286. The summed E-state index contributed by atoms with van der Waals surface area (Å²) >= 11 is 0. The summed E-state index contributed by atoms with van der Waals surface area (Å²) in [6.07, 6.45) is 3.41. The number of carbonyl (C=O) groups is 1. The van der Waals surface area contributed by atoms with Crippen LogP contribution in [0.25, 0.3) is 11.4 Å². The quantitative estimate of drug-likeness (QED) is 0.791. The molecule has 0 aliphatic carbocycles. The van der Waals surface area contributed by atoms with Crippen molar-refractivity contribution in [2.24, 2.45) is 0 Å². The van der Waals surface area contributed by atoms with Gasteiger partial charge in [0, 0.05) is 12.4 Å². The zero-order valence-corrected chi connectivity index (χ0v) is 11.2. The second-order valence-electron chi connectivity index (χ2n) is 4.06. The van der Waals surface area contributed by atoms with Crippen molar-refractivity contribution in [3.05, 3.63) is 36.7 Å². The molecular weight excluding hydrogens is 244 g/mol. The molecule has 0 amide bonds. The molecule has 1 heterocycles. The fourth-order valence-electron chi connectivity index (χ4n) is 1.95. The summed E-state index contributed by atoms with van der Waals surface area (Å²) < 4.78 is 11.9. The number of benzene rings is 1. The largest absolute Gasteiger partial charge is 0.496 e. The van der Waals surface area contributed by atoms with Crippen molar-refractivity contribution in [1.82, 2.24) is 9.55 Å². The zero-order chi connectivity index (χ0) is 13.8. The third kappa shape index (κ3) is 2.45. The van der Waals surface area contributed by atoms with Gasteiger partial charge in [-0.15, -0.1) is 0 Å². The molecule has 19 heavy (non-hydrogen) atoms. The van der Waals surface area contributed by atoms with Gasteiger partial charge >= 0.3 is 5.97 Å². The molecule has 1 unspecified atom stereocenters. The first kappa shape index (κ1) is 13.1. The monoisotopic (exact) mass is 260 g/mol. The summed E-state index contributed by atoms with van der Waals surface area (Å²) in [5.74, 6) is 1.08. The lowest BCUT2D eigenvalue weighted by Crippen LogP contribution is -2.18. The van der Waals surface area contributed by atoms with Crippen LogP contribution in [0.5, 0.6) is 5.75 Å². The van der Waals surface area contributed by atoms with Gasteiger partial charge < -0.3 is 14.0 Å². The minimum absolute atomic E-state index is 0.311. The Bertz CT molecular complexity index is 578. The third-order valence-corrected chi connectivity index (χ3v) is 2.98. The number of esters is 1. The van der Waals surface area contributed by atoms with Gasteiger partial charge in [-0.25, -0.2) is 9.78 Å². The van der Waals surface area contributed by atoms with Crippen LogP contribution in [-0.2, 0) is 9.53 Å². The van der Waals surface area contributed by atoms with Gasteiger partial charge in [-0.2, -0.15) is 0 Å². The average molecular weight is 260 g/mol. The lowest BCUT2D eigenvalue weighted by Gasteiger charge is -2.15. The van der Waals surface area contributed by atoms with E-state index in [2.05, 4.69) is 4.98 Å². The van der Waals surface area contributed by atoms with E-state index in [0.29, 0.717) is 11.6 Å². The summed E-state index contributed by atoms with van der Waals surface area (Å²) in [7, 11) is 2.98. The highest BCUT2D eigenvalue weighted by Crippen LogP contribution is 2.30. The molecule has 100 valence electrons. The molecular formula is C14H16N2O3. The molecule has 0 aliphatic rings. The Balaban J connectivity index is 2.47. The van der Waals surface area contributed by atoms with Crippen molar-refractivity contribution in [3.8, 4) is 17.1 Å². The number of imidazole rings is 1. The molecule has 1 aromatic heterocycles. The molecule has 0 saturated heterocycles. The molecule has 0 radical (unpaired) electrons. The fourth-order valence-corrected chi connectivity index (χ4v) is 1.95. The maximum atomic E-state index is 11.6. The SMILES string of the molecule is COC(=O)C(C)n1ccnc1-c1ccccc1OC. The van der Waals surface area contributed by atoms with Crippen LogP contribution < -0.4 is 4.74 Å². The number of para-hydroxylation sites is 1. The van der Waals surface area contributed by atoms with Crippen molar-refractivity contribution < 1.29 is 14.3 Å². The normalized spacial score (nSPS) is 11.9. The molecule has 0 spiro atoms. The van der Waals surface area contributed by atoms with Gasteiger partial charge in [0.15, 0.2) is 0 Å². The number of methoxy groups -OCH3 is 2. The van der Waals surface area contributed by atoms with E-state index < -0.39 is 6.04 Å². The van der Waals surface area contributed by atoms with Crippen molar-refractivity contribution in [2.75, 3.05) is 14.2 Å². The molecule has 1 aromatic carbocycles. The van der Waals surface area contributed by atoms with Crippen LogP contribution in [0.3, 0.4) is 0 Å². The number of rotatable bonds is 4. The van der Waals surface area contributed by atoms with E-state index in [1.54, 1.807) is 31.0 Å². The van der Waals surface area contributed by atoms with Gasteiger partial charge in [-0.05, 0) is 19.1 Å². The molecule has 0 fully saturated rings. The molecule has 5 nitrogen and oxygen atoms in total. The maximum absolute atomic E-state index is 11.6. The summed E-state index contributed by atoms with van der Waals surface area (Å²) in [6, 6.07) is 7.12. The Labute approximate surface area is 111 Å². The van der Waals surface area contributed by atoms with Crippen LogP contribution >= 0.6 is 0 Å². The molecule has 0 saturated carbocycles. The predicted octanol–water partition coefficient (Wildman–Crippen LogP) is 2.29. The standard InChI is InChI=1S/C14H16N2O3/c1-10(14(17)19-3)16-9-8-15-13(16)11-6-4-5-7-12(11)18-2/h4-10H,1-3H3. The number of ether oxygens (including phenoxy) is 2. The van der Waals surface area contributed by atoms with Gasteiger partial charge in [0.05, 0.1) is 19.8 Å². The van der Waals surface area contributed by atoms with E-state index in [9.17, 15) is 4.79 Å². The Morgan fingerprint density at radius 3 is 2.74 bits per heavy atom. The van der Waals surface area contributed by atoms with E-state index in [-0.39, 0.29) is 5.97 Å². The van der Waals surface area contributed by atoms with Crippen LogP contribution in [-0.4, -0.2) is 29.7 Å². The summed E-state index contributed by atoms with van der Waals surface area (Å²) in [5.41, 5.74) is 0.839. The number of hydrogen-bond donors (Lipinski definition) is 0. The van der Waals surface area contributed by atoms with Crippen LogP contribution in [0.1, 0.15) is 13.0 Å². The van der Waals surface area contributed by atoms with Gasteiger partial charge in [0.1, 0.15) is 17.6 Å². The van der Waals surface area contributed by atoms with Crippen molar-refractivity contribution in [2.45, 2.75) is 13.0 Å². The molecule has 2 rings (SSSR count). The Hall–Kier alpha value is -2.30. The third-order valence-electron chi connectivity index (χ3n) is 2.98. The highest BCUT2D eigenvalue weighted by Gasteiger charge is 2.20. The van der Waals surface area contributed by atoms with Crippen LogP contribution in [0.4, 0.5) is 0 Å². The molecule has 0 N–H and O–H groups in total. The Morgan fingerprint density at radius 2 is 2.05 bits per heavy atom. The number of aromatic nitrogens is 2. The highest BCUT2D eigenvalue weighted by molar-refractivity contribution is 5.75. The summed E-state index contributed by atoms with van der Waals surface area (Å²) in [4.78, 5) is 16.0. The van der Waals surface area contributed by atoms with E-state index in [0.717, 1.165) is 5.56 Å². The summed E-state index contributed by atoms with van der Waals surface area (Å²) in [6.45, 7) is 1.77. The Kier molecular flexibility index (Phi) is 3.85. The summed E-state index contributed by atoms with van der Waals surface area (Å²) in [5, 5.41) is 0. The first-order chi connectivity index (χ1) is 9.19. The maximum Gasteiger partial charge on any atom is 0.328 e. The second kappa shape index (κ2) is 5.56. The Morgan fingerprint density at radius 1 is 1.32 bits per heavy atom. The molecule has 1 atom stereocenters. The van der Waals surface area contributed by atoms with Crippen molar-refractivity contribution in [1.29, 1.82) is 0 Å². The van der Waals surface area contributed by atoms with Crippen LogP contribution in [0, 0.1) is 0 Å². The molecule has 0 aliphatic heterocycles. The number of carbonyl (C=O) groups excluding carboxylic acids is 1. The lowest BCUT2D eigenvalue weighted by molar-refractivity contribution is -0.143. The number of hydrogen-bond acceptors (Lipinski definition) is 4. The van der Waals surface area contributed by atoms with E-state index in [1.807, 2.05) is 24.3 Å². The van der Waals surface area contributed by atoms with Gasteiger partial charge in [-0.1, -0.05) is 12.1 Å². The van der Waals surface area contributed by atoms with E-state index in [4.69, 9.17) is 9.47 Å². The molecule has 5 heteroatoms. The number of nitrogens with zero attached hydrogens (tertiary/aromatic N) is 2. The van der Waals surface area contributed by atoms with Gasteiger partial charge in [0.25, 0.3) is 0 Å². The van der Waals surface area contributed by atoms with E-state index in [1.165, 1.54) is 7.11 Å². The molecule has 0 bridgehead atoms. The smallest absolute Gasteiger partial charge is 0.328 e. The first-order valence-corrected chi connectivity index (χ1v) is 5.93. The van der Waals surface area contributed by atoms with Gasteiger partial charge in [-0.3, -0.25) is 0 Å². The average Bonchev–Trinajstić information content (AvgIpc) is 2.94. The highest BCUT2D eigenvalue weighted by atomic mass is 16.5. The van der Waals surface area contributed by atoms with Crippen LogP contribution in [0.15, 0.2) is 36.7 Å². The second-order valence-corrected chi connectivity index (χ2v) is 4.06. The zero-order valence-electron chi connectivity index (χ0n) is 11.2. The minimum atomic E-state index is -0.438. The minimum Gasteiger partial charge on any atom is -0.496 e. The first-order valence-electron chi connectivity index (χ1n) is 5.93. The van der Waals surface area contributed by atoms with Crippen LogP contribution in [0.2, 0.25) is 0 Å². The predicted molar refractivity (Wildman–Crippen MR) is 70.9 cm³/mol. The lowest BCUT2D eigenvalue weighted by atomic mass is 10.2. The van der Waals surface area contributed by atoms with Gasteiger partial charge in [0.2, 0.25) is 0 Å². The topological polar surface area (TPSA) is 53.4 Å².